The van der Waals surface area contributed by atoms with Gasteiger partial charge in [-0.25, -0.2) is 18.2 Å². The number of aryl methyl sites for hydroxylation is 1. The summed E-state index contributed by atoms with van der Waals surface area (Å²) in [6, 6.07) is 24.1. The van der Waals surface area contributed by atoms with Crippen LogP contribution in [0.25, 0.3) is 28.2 Å². The molecule has 152 valence electrons. The molecule has 1 aromatic heterocycles. The molecule has 0 aliphatic heterocycles. The van der Waals surface area contributed by atoms with Crippen LogP contribution in [-0.2, 0) is 16.4 Å². The Morgan fingerprint density at radius 3 is 2.23 bits per heavy atom. The molecule has 0 amide bonds. The predicted octanol–water partition coefficient (Wildman–Crippen LogP) is 5.07. The summed E-state index contributed by atoms with van der Waals surface area (Å²) in [5.74, 6) is 0. The molecule has 1 heterocycles. The van der Waals surface area contributed by atoms with Crippen LogP contribution < -0.4 is 5.14 Å². The van der Waals surface area contributed by atoms with Gasteiger partial charge < -0.3 is 0 Å². The van der Waals surface area contributed by atoms with E-state index in [0.717, 1.165) is 28.9 Å². The van der Waals surface area contributed by atoms with Crippen molar-refractivity contribution in [3.05, 3.63) is 89.4 Å². The maximum Gasteiger partial charge on any atom is 0.238 e. The van der Waals surface area contributed by atoms with Crippen LogP contribution in [0.15, 0.2) is 83.8 Å². The summed E-state index contributed by atoms with van der Waals surface area (Å²) in [5.41, 5.74) is 5.52. The van der Waals surface area contributed by atoms with Crippen molar-refractivity contribution in [3.63, 3.8) is 0 Å². The molecule has 0 fully saturated rings. The van der Waals surface area contributed by atoms with Crippen molar-refractivity contribution in [2.75, 3.05) is 0 Å². The van der Waals surface area contributed by atoms with E-state index < -0.39 is 10.0 Å². The van der Waals surface area contributed by atoms with Crippen molar-refractivity contribution in [2.24, 2.45) is 5.14 Å². The van der Waals surface area contributed by atoms with Crippen molar-refractivity contribution in [2.45, 2.75) is 18.2 Å². The normalized spacial score (nSPS) is 11.6. The first kappa shape index (κ1) is 20.3. The van der Waals surface area contributed by atoms with Gasteiger partial charge in [0.1, 0.15) is 0 Å². The minimum Gasteiger partial charge on any atom is -0.232 e. The predicted molar refractivity (Wildman–Crippen MR) is 120 cm³/mol. The Kier molecular flexibility index (Phi) is 5.47. The van der Waals surface area contributed by atoms with Crippen LogP contribution in [0.3, 0.4) is 0 Å². The van der Waals surface area contributed by atoms with Gasteiger partial charge >= 0.3 is 0 Å². The summed E-state index contributed by atoms with van der Waals surface area (Å²) in [4.78, 5) is 0.0538. The van der Waals surface area contributed by atoms with Crippen LogP contribution in [0.2, 0.25) is 5.02 Å². The van der Waals surface area contributed by atoms with Crippen LogP contribution in [0.4, 0.5) is 0 Å². The number of hydrogen-bond donors (Lipinski definition) is 1. The third kappa shape index (κ3) is 4.16. The Bertz CT molecular complexity index is 1300. The summed E-state index contributed by atoms with van der Waals surface area (Å²) >= 11 is 6.21. The monoisotopic (exact) mass is 437 g/mol. The Morgan fingerprint density at radius 1 is 0.933 bits per heavy atom. The van der Waals surface area contributed by atoms with E-state index in [1.54, 1.807) is 16.8 Å². The molecule has 7 heteroatoms. The first-order chi connectivity index (χ1) is 14.3. The Balaban J connectivity index is 1.86. The van der Waals surface area contributed by atoms with Crippen molar-refractivity contribution < 1.29 is 8.42 Å². The Hall–Kier alpha value is -2.93. The molecule has 0 bridgehead atoms. The molecule has 0 saturated carbocycles. The zero-order valence-electron chi connectivity index (χ0n) is 16.3. The molecule has 0 unspecified atom stereocenters. The van der Waals surface area contributed by atoms with Gasteiger partial charge in [0.05, 0.1) is 22.0 Å². The van der Waals surface area contributed by atoms with Crippen LogP contribution in [-0.4, -0.2) is 18.2 Å². The third-order valence-electron chi connectivity index (χ3n) is 4.90. The largest absolute Gasteiger partial charge is 0.238 e. The number of nitrogens with two attached hydrogens (primary N) is 1. The highest BCUT2D eigenvalue weighted by molar-refractivity contribution is 7.89. The van der Waals surface area contributed by atoms with Crippen LogP contribution in [0.5, 0.6) is 0 Å². The van der Waals surface area contributed by atoms with Crippen molar-refractivity contribution in [3.8, 4) is 28.2 Å². The summed E-state index contributed by atoms with van der Waals surface area (Å²) < 4.78 is 25.0. The average molecular weight is 438 g/mol. The zero-order chi connectivity index (χ0) is 21.3. The number of primary sulfonamides is 1. The zero-order valence-corrected chi connectivity index (χ0v) is 17.9. The molecule has 0 saturated heterocycles. The van der Waals surface area contributed by atoms with Gasteiger partial charge in [-0.1, -0.05) is 54.9 Å². The molecule has 3 aromatic carbocycles. The summed E-state index contributed by atoms with van der Waals surface area (Å²) in [6.07, 6.45) is 0.971. The fraction of sp³-hybridized carbons (Fsp3) is 0.0870. The number of rotatable bonds is 5. The Labute approximate surface area is 180 Å². The van der Waals surface area contributed by atoms with Crippen molar-refractivity contribution >= 4 is 21.6 Å². The van der Waals surface area contributed by atoms with E-state index in [1.807, 2.05) is 30.3 Å². The Morgan fingerprint density at radius 2 is 1.63 bits per heavy atom. The molecule has 5 nitrogen and oxygen atoms in total. The molecule has 2 N–H and O–H groups in total. The van der Waals surface area contributed by atoms with E-state index in [4.69, 9.17) is 21.8 Å². The maximum absolute atomic E-state index is 11.6. The fourth-order valence-electron chi connectivity index (χ4n) is 3.26. The van der Waals surface area contributed by atoms with Gasteiger partial charge in [0.15, 0.2) is 0 Å². The summed E-state index contributed by atoms with van der Waals surface area (Å²) in [7, 11) is -3.76. The van der Waals surface area contributed by atoms with Gasteiger partial charge in [0, 0.05) is 16.1 Å². The lowest BCUT2D eigenvalue weighted by molar-refractivity contribution is 0.598. The van der Waals surface area contributed by atoms with Crippen LogP contribution >= 0.6 is 11.6 Å². The third-order valence-corrected chi connectivity index (χ3v) is 6.06. The second kappa shape index (κ2) is 8.07. The lowest BCUT2D eigenvalue weighted by atomic mass is 10.1. The van der Waals surface area contributed by atoms with Gasteiger partial charge in [0.25, 0.3) is 0 Å². The number of halogens is 1. The second-order valence-electron chi connectivity index (χ2n) is 6.93. The summed E-state index contributed by atoms with van der Waals surface area (Å²) in [6.45, 7) is 2.12. The molecule has 4 rings (SSSR count). The first-order valence-corrected chi connectivity index (χ1v) is 11.4. The summed E-state index contributed by atoms with van der Waals surface area (Å²) in [5, 5.41) is 10.6. The molecule has 30 heavy (non-hydrogen) atoms. The average Bonchev–Trinajstić information content (AvgIpc) is 3.19. The van der Waals surface area contributed by atoms with Crippen molar-refractivity contribution in [1.82, 2.24) is 9.78 Å². The van der Waals surface area contributed by atoms with Gasteiger partial charge in [-0.3, -0.25) is 0 Å². The standard InChI is InChI=1S/C23H20ClN3O2S/c1-2-16-6-8-17(9-7-16)22-15-23(18-4-3-5-19(24)14-18)27(26-22)20-10-12-21(13-11-20)30(25,28)29/h3-15H,2H2,1H3,(H2,25,28,29). The lowest BCUT2D eigenvalue weighted by Crippen LogP contribution is -2.12. The van der Waals surface area contributed by atoms with E-state index in [-0.39, 0.29) is 4.90 Å². The van der Waals surface area contributed by atoms with E-state index in [2.05, 4.69) is 31.2 Å². The van der Waals surface area contributed by atoms with Crippen LogP contribution in [0, 0.1) is 0 Å². The van der Waals surface area contributed by atoms with Gasteiger partial charge in [-0.15, -0.1) is 0 Å². The van der Waals surface area contributed by atoms with E-state index in [0.29, 0.717) is 10.7 Å². The highest BCUT2D eigenvalue weighted by atomic mass is 35.5. The van der Waals surface area contributed by atoms with E-state index >= 15 is 0 Å². The number of benzene rings is 3. The number of sulfonamides is 1. The smallest absolute Gasteiger partial charge is 0.232 e. The van der Waals surface area contributed by atoms with E-state index in [1.165, 1.54) is 17.7 Å². The van der Waals surface area contributed by atoms with Crippen LogP contribution in [0.1, 0.15) is 12.5 Å². The number of aromatic nitrogens is 2. The molecular formula is C23H20ClN3O2S. The van der Waals surface area contributed by atoms with Gasteiger partial charge in [-0.2, -0.15) is 5.10 Å². The molecule has 0 aliphatic rings. The van der Waals surface area contributed by atoms with Gasteiger partial charge in [0.2, 0.25) is 10.0 Å². The quantitative estimate of drug-likeness (QED) is 0.473. The molecular weight excluding hydrogens is 418 g/mol. The van der Waals surface area contributed by atoms with Crippen molar-refractivity contribution in [1.29, 1.82) is 0 Å². The molecule has 4 aromatic rings. The van der Waals surface area contributed by atoms with Gasteiger partial charge in [-0.05, 0) is 54.4 Å². The molecule has 0 radical (unpaired) electrons. The number of hydrogen-bond acceptors (Lipinski definition) is 3. The maximum atomic E-state index is 11.6. The highest BCUT2D eigenvalue weighted by Crippen LogP contribution is 2.30. The minimum atomic E-state index is -3.76. The SMILES string of the molecule is CCc1ccc(-c2cc(-c3cccc(Cl)c3)n(-c3ccc(S(N)(=O)=O)cc3)n2)cc1. The second-order valence-corrected chi connectivity index (χ2v) is 8.92. The lowest BCUT2D eigenvalue weighted by Gasteiger charge is -2.08. The molecule has 0 atom stereocenters. The van der Waals surface area contributed by atoms with E-state index in [9.17, 15) is 8.42 Å². The first-order valence-electron chi connectivity index (χ1n) is 9.44. The number of nitrogens with zero attached hydrogens (tertiary/aromatic N) is 2. The molecule has 0 spiro atoms. The topological polar surface area (TPSA) is 78.0 Å². The fourth-order valence-corrected chi connectivity index (χ4v) is 3.97. The molecule has 0 aliphatic carbocycles. The highest BCUT2D eigenvalue weighted by Gasteiger charge is 2.15. The minimum absolute atomic E-state index is 0.0538.